The van der Waals surface area contributed by atoms with E-state index in [-0.39, 0.29) is 0 Å². The van der Waals surface area contributed by atoms with Gasteiger partial charge in [-0.15, -0.1) is 0 Å². The van der Waals surface area contributed by atoms with E-state index in [9.17, 15) is 0 Å². The Balaban J connectivity index is 2.35. The zero-order valence-corrected chi connectivity index (χ0v) is 12.5. The molecule has 0 spiro atoms. The van der Waals surface area contributed by atoms with Gasteiger partial charge in [-0.25, -0.2) is 9.97 Å². The maximum absolute atomic E-state index is 5.41. The number of hydrogen-bond acceptors (Lipinski definition) is 4. The van der Waals surface area contributed by atoms with Gasteiger partial charge >= 0.3 is 0 Å². The smallest absolute Gasteiger partial charge is 0.143 e. The van der Waals surface area contributed by atoms with E-state index in [1.54, 1.807) is 0 Å². The number of anilines is 1. The van der Waals surface area contributed by atoms with Crippen LogP contribution in [-0.2, 0) is 11.2 Å². The number of halogens is 1. The van der Waals surface area contributed by atoms with Gasteiger partial charge in [0.05, 0.1) is 15.9 Å². The topological polar surface area (TPSA) is 47.0 Å². The van der Waals surface area contributed by atoms with Crippen molar-refractivity contribution in [1.29, 1.82) is 0 Å². The lowest BCUT2D eigenvalue weighted by atomic mass is 10.1. The van der Waals surface area contributed by atoms with Gasteiger partial charge in [0.25, 0.3) is 0 Å². The number of aryl methyl sites for hydroxylation is 1. The fourth-order valence-corrected chi connectivity index (χ4v) is 2.78. The van der Waals surface area contributed by atoms with Gasteiger partial charge in [-0.05, 0) is 35.4 Å². The van der Waals surface area contributed by atoms with Gasteiger partial charge in [0.15, 0.2) is 0 Å². The van der Waals surface area contributed by atoms with Crippen LogP contribution in [-0.4, -0.2) is 30.2 Å². The number of nitrogens with zero attached hydrogens (tertiary/aromatic N) is 2. The number of rotatable bonds is 4. The fourth-order valence-electron chi connectivity index (χ4n) is 2.00. The predicted molar refractivity (Wildman–Crippen MR) is 76.5 cm³/mol. The summed E-state index contributed by atoms with van der Waals surface area (Å²) in [7, 11) is 1.91. The number of ether oxygens (including phenoxy) is 1. The highest BCUT2D eigenvalue weighted by Gasteiger charge is 2.22. The molecule has 94 valence electrons. The highest BCUT2D eigenvalue weighted by molar-refractivity contribution is 14.1. The van der Waals surface area contributed by atoms with Crippen molar-refractivity contribution < 1.29 is 4.74 Å². The molecule has 1 N–H and O–H groups in total. The number of aromatic nitrogens is 2. The Morgan fingerprint density at radius 3 is 2.88 bits per heavy atom. The average molecular weight is 347 g/mol. The van der Waals surface area contributed by atoms with Crippen LogP contribution in [0.3, 0.4) is 0 Å². The Morgan fingerprint density at radius 1 is 1.47 bits per heavy atom. The summed E-state index contributed by atoms with van der Waals surface area (Å²) in [5.41, 5.74) is 1.16. The van der Waals surface area contributed by atoms with E-state index in [0.29, 0.717) is 5.92 Å². The SMILES string of the molecule is CCCc1nc(C2CCOC2)nc(NC)c1I. The first-order valence-corrected chi connectivity index (χ1v) is 7.16. The van der Waals surface area contributed by atoms with Crippen LogP contribution >= 0.6 is 22.6 Å². The summed E-state index contributed by atoms with van der Waals surface area (Å²) in [4.78, 5) is 9.32. The normalized spacial score (nSPS) is 19.6. The Kier molecular flexibility index (Phi) is 4.55. The summed E-state index contributed by atoms with van der Waals surface area (Å²) in [5.74, 6) is 2.26. The van der Waals surface area contributed by atoms with Crippen LogP contribution in [0.15, 0.2) is 0 Å². The Morgan fingerprint density at radius 2 is 2.29 bits per heavy atom. The largest absolute Gasteiger partial charge is 0.381 e. The molecule has 1 aromatic heterocycles. The lowest BCUT2D eigenvalue weighted by Crippen LogP contribution is -2.11. The van der Waals surface area contributed by atoms with E-state index in [2.05, 4.69) is 39.8 Å². The number of hydrogen-bond donors (Lipinski definition) is 1. The van der Waals surface area contributed by atoms with Crippen molar-refractivity contribution in [1.82, 2.24) is 9.97 Å². The zero-order valence-electron chi connectivity index (χ0n) is 10.3. The maximum Gasteiger partial charge on any atom is 0.143 e. The molecule has 1 unspecified atom stereocenters. The van der Waals surface area contributed by atoms with Gasteiger partial charge in [-0.3, -0.25) is 0 Å². The van der Waals surface area contributed by atoms with Gasteiger partial charge < -0.3 is 10.1 Å². The van der Waals surface area contributed by atoms with E-state index in [4.69, 9.17) is 9.72 Å². The molecular formula is C12H18IN3O. The van der Waals surface area contributed by atoms with Crippen molar-refractivity contribution in [2.45, 2.75) is 32.1 Å². The van der Waals surface area contributed by atoms with E-state index < -0.39 is 0 Å². The molecular weight excluding hydrogens is 329 g/mol. The molecule has 1 saturated heterocycles. The summed E-state index contributed by atoms with van der Waals surface area (Å²) in [6.45, 7) is 3.77. The quantitative estimate of drug-likeness (QED) is 0.851. The van der Waals surface area contributed by atoms with Crippen LogP contribution in [0.2, 0.25) is 0 Å². The minimum atomic E-state index is 0.370. The first-order valence-electron chi connectivity index (χ1n) is 6.08. The Hall–Kier alpha value is -0.430. The molecule has 2 rings (SSSR count). The van der Waals surface area contributed by atoms with Crippen LogP contribution in [0.5, 0.6) is 0 Å². The summed E-state index contributed by atoms with van der Waals surface area (Å²) in [6, 6.07) is 0. The van der Waals surface area contributed by atoms with Gasteiger partial charge in [0, 0.05) is 19.6 Å². The summed E-state index contributed by atoms with van der Waals surface area (Å²) >= 11 is 2.33. The second-order valence-corrected chi connectivity index (χ2v) is 5.33. The van der Waals surface area contributed by atoms with Crippen molar-refractivity contribution >= 4 is 28.4 Å². The molecule has 1 aliphatic rings. The highest BCUT2D eigenvalue weighted by Crippen LogP contribution is 2.27. The van der Waals surface area contributed by atoms with E-state index in [1.807, 2.05) is 7.05 Å². The third-order valence-corrected chi connectivity index (χ3v) is 4.09. The van der Waals surface area contributed by atoms with Gasteiger partial charge in [-0.1, -0.05) is 13.3 Å². The molecule has 1 fully saturated rings. The minimum absolute atomic E-state index is 0.370. The van der Waals surface area contributed by atoms with Crippen molar-refractivity contribution in [3.63, 3.8) is 0 Å². The highest BCUT2D eigenvalue weighted by atomic mass is 127. The van der Waals surface area contributed by atoms with Crippen molar-refractivity contribution in [2.24, 2.45) is 0 Å². The van der Waals surface area contributed by atoms with Gasteiger partial charge in [-0.2, -0.15) is 0 Å². The molecule has 0 amide bonds. The molecule has 1 aliphatic heterocycles. The molecule has 0 saturated carbocycles. The van der Waals surface area contributed by atoms with Crippen molar-refractivity contribution in [3.05, 3.63) is 15.1 Å². The predicted octanol–water partition coefficient (Wildman–Crippen LogP) is 2.58. The standard InChI is InChI=1S/C12H18IN3O/c1-3-4-9-10(13)12(14-2)16-11(15-9)8-5-6-17-7-8/h8H,3-7H2,1-2H3,(H,14,15,16). The monoisotopic (exact) mass is 347 g/mol. The van der Waals surface area contributed by atoms with Crippen LogP contribution in [0.25, 0.3) is 0 Å². The summed E-state index contributed by atoms with van der Waals surface area (Å²) in [5, 5.41) is 3.16. The summed E-state index contributed by atoms with van der Waals surface area (Å²) < 4.78 is 6.56. The Labute approximate surface area is 116 Å². The molecule has 0 aliphatic carbocycles. The second kappa shape index (κ2) is 5.95. The molecule has 5 heteroatoms. The fraction of sp³-hybridized carbons (Fsp3) is 0.667. The molecule has 4 nitrogen and oxygen atoms in total. The molecule has 1 atom stereocenters. The van der Waals surface area contributed by atoms with Crippen LogP contribution in [0.1, 0.15) is 37.2 Å². The van der Waals surface area contributed by atoms with E-state index >= 15 is 0 Å². The molecule has 1 aromatic rings. The molecule has 0 bridgehead atoms. The van der Waals surface area contributed by atoms with E-state index in [1.165, 1.54) is 0 Å². The lowest BCUT2D eigenvalue weighted by molar-refractivity contribution is 0.193. The molecule has 0 aromatic carbocycles. The average Bonchev–Trinajstić information content (AvgIpc) is 2.85. The van der Waals surface area contributed by atoms with Crippen molar-refractivity contribution in [2.75, 3.05) is 25.6 Å². The third kappa shape index (κ3) is 2.88. The van der Waals surface area contributed by atoms with Crippen LogP contribution in [0.4, 0.5) is 5.82 Å². The second-order valence-electron chi connectivity index (χ2n) is 4.25. The summed E-state index contributed by atoms with van der Waals surface area (Å²) in [6.07, 6.45) is 3.15. The third-order valence-electron chi connectivity index (χ3n) is 2.96. The van der Waals surface area contributed by atoms with E-state index in [0.717, 1.165) is 53.4 Å². The zero-order chi connectivity index (χ0) is 12.3. The molecule has 0 radical (unpaired) electrons. The maximum atomic E-state index is 5.41. The van der Waals surface area contributed by atoms with Crippen LogP contribution in [0, 0.1) is 3.57 Å². The molecule has 2 heterocycles. The Bertz CT molecular complexity index is 392. The molecule has 17 heavy (non-hydrogen) atoms. The van der Waals surface area contributed by atoms with Crippen LogP contribution < -0.4 is 5.32 Å². The minimum Gasteiger partial charge on any atom is -0.381 e. The first kappa shape index (κ1) is 13.0. The van der Waals surface area contributed by atoms with Crippen molar-refractivity contribution in [3.8, 4) is 0 Å². The first-order chi connectivity index (χ1) is 8.26. The number of nitrogens with one attached hydrogen (secondary N) is 1. The van der Waals surface area contributed by atoms with Gasteiger partial charge in [0.2, 0.25) is 0 Å². The lowest BCUT2D eigenvalue weighted by Gasteiger charge is -2.13. The van der Waals surface area contributed by atoms with Gasteiger partial charge in [0.1, 0.15) is 11.6 Å².